The highest BCUT2D eigenvalue weighted by Crippen LogP contribution is 2.18. The summed E-state index contributed by atoms with van der Waals surface area (Å²) in [6, 6.07) is 17.9. The van der Waals surface area contributed by atoms with E-state index in [1.165, 1.54) is 5.56 Å². The molecule has 2 aromatic carbocycles. The van der Waals surface area contributed by atoms with Crippen LogP contribution in [0.15, 0.2) is 54.6 Å². The molecule has 0 atom stereocenters. The summed E-state index contributed by atoms with van der Waals surface area (Å²) in [4.78, 5) is 0. The number of nitrogens with one attached hydrogen (secondary N) is 1. The van der Waals surface area contributed by atoms with Gasteiger partial charge in [-0.15, -0.1) is 0 Å². The summed E-state index contributed by atoms with van der Waals surface area (Å²) in [5, 5.41) is 3.10. The van der Waals surface area contributed by atoms with Crippen LogP contribution in [0.2, 0.25) is 0 Å². The average Bonchev–Trinajstić information content (AvgIpc) is 2.52. The van der Waals surface area contributed by atoms with Gasteiger partial charge in [0.2, 0.25) is 0 Å². The van der Waals surface area contributed by atoms with Gasteiger partial charge in [0.05, 0.1) is 6.61 Å². The Bertz CT molecular complexity index is 482. The lowest BCUT2D eigenvalue weighted by atomic mass is 10.2. The van der Waals surface area contributed by atoms with E-state index in [1.54, 1.807) is 0 Å². The van der Waals surface area contributed by atoms with Gasteiger partial charge in [0.15, 0.2) is 0 Å². The molecular formula is C17H21NO2. The molecule has 0 saturated carbocycles. The van der Waals surface area contributed by atoms with E-state index >= 15 is 0 Å². The molecule has 2 rings (SSSR count). The number of benzene rings is 2. The monoisotopic (exact) mass is 271 g/mol. The van der Waals surface area contributed by atoms with Gasteiger partial charge < -0.3 is 14.8 Å². The van der Waals surface area contributed by atoms with Crippen molar-refractivity contribution in [1.29, 1.82) is 0 Å². The van der Waals surface area contributed by atoms with Gasteiger partial charge in [-0.1, -0.05) is 30.3 Å². The summed E-state index contributed by atoms with van der Waals surface area (Å²) in [6.07, 6.45) is 1.00. The smallest absolute Gasteiger partial charge is 0.120 e. The van der Waals surface area contributed by atoms with Gasteiger partial charge in [-0.2, -0.15) is 0 Å². The normalized spacial score (nSPS) is 10.2. The van der Waals surface area contributed by atoms with Gasteiger partial charge in [-0.25, -0.2) is 0 Å². The lowest BCUT2D eigenvalue weighted by molar-refractivity contribution is 0.299. The molecule has 0 amide bonds. The summed E-state index contributed by atoms with van der Waals surface area (Å²) in [5.74, 6) is 1.74. The lowest BCUT2D eigenvalue weighted by Crippen LogP contribution is -2.11. The second kappa shape index (κ2) is 8.23. The maximum atomic E-state index is 5.72. The van der Waals surface area contributed by atoms with Crippen LogP contribution in [0.5, 0.6) is 11.5 Å². The first-order chi connectivity index (χ1) is 9.88. The molecule has 0 aliphatic carbocycles. The molecule has 0 fully saturated rings. The van der Waals surface area contributed by atoms with Gasteiger partial charge >= 0.3 is 0 Å². The number of hydrogen-bond acceptors (Lipinski definition) is 3. The molecule has 106 valence electrons. The van der Waals surface area contributed by atoms with Crippen LogP contribution in [0.4, 0.5) is 0 Å². The highest BCUT2D eigenvalue weighted by molar-refractivity contribution is 5.31. The molecule has 0 aromatic heterocycles. The Balaban J connectivity index is 1.76. The largest absolute Gasteiger partial charge is 0.494 e. The van der Waals surface area contributed by atoms with Gasteiger partial charge in [0.1, 0.15) is 18.1 Å². The molecule has 0 bridgehead atoms. The van der Waals surface area contributed by atoms with E-state index in [2.05, 4.69) is 17.4 Å². The molecule has 0 radical (unpaired) electrons. The Hall–Kier alpha value is -2.00. The van der Waals surface area contributed by atoms with E-state index in [9.17, 15) is 0 Å². The van der Waals surface area contributed by atoms with Gasteiger partial charge in [-0.3, -0.25) is 0 Å². The molecule has 3 nitrogen and oxygen atoms in total. The van der Waals surface area contributed by atoms with Crippen molar-refractivity contribution < 1.29 is 9.47 Å². The van der Waals surface area contributed by atoms with E-state index < -0.39 is 0 Å². The fourth-order valence-electron chi connectivity index (χ4n) is 1.81. The second-order valence-electron chi connectivity index (χ2n) is 4.55. The van der Waals surface area contributed by atoms with Crippen LogP contribution in [0.1, 0.15) is 12.0 Å². The summed E-state index contributed by atoms with van der Waals surface area (Å²) in [6.45, 7) is 2.28. The van der Waals surface area contributed by atoms with Crippen molar-refractivity contribution >= 4 is 0 Å². The van der Waals surface area contributed by atoms with Gasteiger partial charge in [-0.05, 0) is 49.8 Å². The number of ether oxygens (including phenoxy) is 2. The first-order valence-corrected chi connectivity index (χ1v) is 6.92. The molecule has 0 aliphatic rings. The third-order valence-electron chi connectivity index (χ3n) is 2.91. The highest BCUT2D eigenvalue weighted by atomic mass is 16.5. The summed E-state index contributed by atoms with van der Waals surface area (Å²) in [7, 11) is 1.94. The van der Waals surface area contributed by atoms with Crippen LogP contribution < -0.4 is 14.8 Å². The van der Waals surface area contributed by atoms with E-state index in [-0.39, 0.29) is 0 Å². The van der Waals surface area contributed by atoms with E-state index in [0.29, 0.717) is 6.61 Å². The number of rotatable bonds is 8. The maximum absolute atomic E-state index is 5.72. The van der Waals surface area contributed by atoms with Crippen LogP contribution in [-0.2, 0) is 6.61 Å². The predicted octanol–water partition coefficient (Wildman–Crippen LogP) is 3.25. The standard InChI is InChI=1S/C17H21NO2/c1-18-12-5-13-19-16-8-10-17(11-9-16)20-14-15-6-3-2-4-7-15/h2-4,6-11,18H,5,12-14H2,1H3. The van der Waals surface area contributed by atoms with Crippen LogP contribution in [0.25, 0.3) is 0 Å². The molecule has 0 heterocycles. The topological polar surface area (TPSA) is 30.5 Å². The Morgan fingerprint density at radius 1 is 0.850 bits per heavy atom. The molecule has 0 saturated heterocycles. The van der Waals surface area contributed by atoms with Crippen LogP contribution >= 0.6 is 0 Å². The minimum atomic E-state index is 0.587. The van der Waals surface area contributed by atoms with Gasteiger partial charge in [0, 0.05) is 0 Å². The molecular weight excluding hydrogens is 250 g/mol. The Kier molecular flexibility index (Phi) is 5.93. The highest BCUT2D eigenvalue weighted by Gasteiger charge is 1.97. The maximum Gasteiger partial charge on any atom is 0.120 e. The van der Waals surface area contributed by atoms with Crippen molar-refractivity contribution in [2.75, 3.05) is 20.2 Å². The molecule has 1 N–H and O–H groups in total. The summed E-state index contributed by atoms with van der Waals surface area (Å²) in [5.41, 5.74) is 1.17. The van der Waals surface area contributed by atoms with E-state index in [4.69, 9.17) is 9.47 Å². The van der Waals surface area contributed by atoms with Crippen LogP contribution in [0.3, 0.4) is 0 Å². The van der Waals surface area contributed by atoms with Crippen molar-refractivity contribution in [3.05, 3.63) is 60.2 Å². The zero-order chi connectivity index (χ0) is 14.0. The predicted molar refractivity (Wildman–Crippen MR) is 81.3 cm³/mol. The average molecular weight is 271 g/mol. The third kappa shape index (κ3) is 4.94. The Morgan fingerprint density at radius 3 is 2.15 bits per heavy atom. The van der Waals surface area contributed by atoms with Gasteiger partial charge in [0.25, 0.3) is 0 Å². The minimum Gasteiger partial charge on any atom is -0.494 e. The van der Waals surface area contributed by atoms with Crippen LogP contribution in [0, 0.1) is 0 Å². The van der Waals surface area contributed by atoms with Crippen molar-refractivity contribution in [3.63, 3.8) is 0 Å². The lowest BCUT2D eigenvalue weighted by Gasteiger charge is -2.08. The molecule has 2 aromatic rings. The Labute approximate surface area is 120 Å². The Morgan fingerprint density at radius 2 is 1.50 bits per heavy atom. The van der Waals surface area contributed by atoms with Crippen molar-refractivity contribution in [3.8, 4) is 11.5 Å². The van der Waals surface area contributed by atoms with Crippen molar-refractivity contribution in [2.45, 2.75) is 13.0 Å². The van der Waals surface area contributed by atoms with E-state index in [0.717, 1.165) is 31.1 Å². The SMILES string of the molecule is CNCCCOc1ccc(OCc2ccccc2)cc1. The zero-order valence-corrected chi connectivity index (χ0v) is 11.8. The summed E-state index contributed by atoms with van der Waals surface area (Å²) >= 11 is 0. The second-order valence-corrected chi connectivity index (χ2v) is 4.55. The molecule has 0 spiro atoms. The van der Waals surface area contributed by atoms with E-state index in [1.807, 2.05) is 49.5 Å². The minimum absolute atomic E-state index is 0.587. The molecule has 0 unspecified atom stereocenters. The zero-order valence-electron chi connectivity index (χ0n) is 11.8. The fraction of sp³-hybridized carbons (Fsp3) is 0.294. The van der Waals surface area contributed by atoms with Crippen molar-refractivity contribution in [2.24, 2.45) is 0 Å². The fourth-order valence-corrected chi connectivity index (χ4v) is 1.81. The third-order valence-corrected chi connectivity index (χ3v) is 2.91. The number of hydrogen-bond donors (Lipinski definition) is 1. The van der Waals surface area contributed by atoms with Crippen molar-refractivity contribution in [1.82, 2.24) is 5.32 Å². The quantitative estimate of drug-likeness (QED) is 0.748. The summed E-state index contributed by atoms with van der Waals surface area (Å²) < 4.78 is 11.4. The van der Waals surface area contributed by atoms with Crippen LogP contribution in [-0.4, -0.2) is 20.2 Å². The molecule has 0 aliphatic heterocycles. The molecule has 20 heavy (non-hydrogen) atoms. The molecule has 3 heteroatoms. The first-order valence-electron chi connectivity index (χ1n) is 6.92. The first kappa shape index (κ1) is 14.4.